The highest BCUT2D eigenvalue weighted by Gasteiger charge is 2.10. The van der Waals surface area contributed by atoms with Crippen LogP contribution in [0, 0.1) is 17.2 Å². The van der Waals surface area contributed by atoms with E-state index in [0.717, 1.165) is 42.9 Å². The molecule has 0 heterocycles. The summed E-state index contributed by atoms with van der Waals surface area (Å²) in [4.78, 5) is 2.18. The summed E-state index contributed by atoms with van der Waals surface area (Å²) in [5, 5.41) is 12.7. The molecule has 0 bridgehead atoms. The van der Waals surface area contributed by atoms with Crippen molar-refractivity contribution in [3.05, 3.63) is 29.3 Å². The van der Waals surface area contributed by atoms with Crippen LogP contribution in [0.5, 0.6) is 0 Å². The van der Waals surface area contributed by atoms with E-state index in [9.17, 15) is 5.26 Å². The van der Waals surface area contributed by atoms with Crippen LogP contribution in [-0.2, 0) is 11.3 Å². The predicted molar refractivity (Wildman–Crippen MR) is 87.5 cm³/mol. The van der Waals surface area contributed by atoms with Gasteiger partial charge in [-0.05, 0) is 23.6 Å². The van der Waals surface area contributed by atoms with Gasteiger partial charge in [0.2, 0.25) is 0 Å². The average Bonchev–Trinajstić information content (AvgIpc) is 2.51. The lowest BCUT2D eigenvalue weighted by Crippen LogP contribution is -2.24. The second-order valence-corrected chi connectivity index (χ2v) is 5.53. The largest absolute Gasteiger partial charge is 0.383 e. The van der Waals surface area contributed by atoms with Crippen molar-refractivity contribution in [2.75, 3.05) is 38.8 Å². The van der Waals surface area contributed by atoms with Crippen molar-refractivity contribution in [2.45, 2.75) is 26.8 Å². The molecule has 0 amide bonds. The second-order valence-electron chi connectivity index (χ2n) is 5.53. The van der Waals surface area contributed by atoms with Crippen molar-refractivity contribution in [3.8, 4) is 6.07 Å². The van der Waals surface area contributed by atoms with Gasteiger partial charge in [-0.1, -0.05) is 26.3 Å². The minimum absolute atomic E-state index is 0.622. The summed E-state index contributed by atoms with van der Waals surface area (Å²) in [6.07, 6.45) is 1.15. The summed E-state index contributed by atoms with van der Waals surface area (Å²) < 4.78 is 5.00. The molecule has 0 fully saturated rings. The number of ether oxygens (including phenoxy) is 1. The SMILES string of the molecule is CCC(C)CN(C)c1ccc(CNCCOC)cc1C#N. The molecule has 116 valence electrons. The van der Waals surface area contributed by atoms with E-state index < -0.39 is 0 Å². The van der Waals surface area contributed by atoms with Crippen LogP contribution in [0.25, 0.3) is 0 Å². The summed E-state index contributed by atoms with van der Waals surface area (Å²) in [6, 6.07) is 8.43. The lowest BCUT2D eigenvalue weighted by atomic mass is 10.1. The van der Waals surface area contributed by atoms with Gasteiger partial charge < -0.3 is 15.0 Å². The summed E-state index contributed by atoms with van der Waals surface area (Å²) in [5.41, 5.74) is 2.88. The molecule has 0 aromatic heterocycles. The zero-order valence-corrected chi connectivity index (χ0v) is 13.6. The Balaban J connectivity index is 2.72. The third kappa shape index (κ3) is 5.74. The lowest BCUT2D eigenvalue weighted by Gasteiger charge is -2.24. The molecular formula is C17H27N3O. The highest BCUT2D eigenvalue weighted by atomic mass is 16.5. The number of rotatable bonds is 9. The molecule has 0 saturated heterocycles. The molecule has 4 nitrogen and oxygen atoms in total. The van der Waals surface area contributed by atoms with Crippen LogP contribution in [0.1, 0.15) is 31.4 Å². The maximum absolute atomic E-state index is 9.38. The van der Waals surface area contributed by atoms with Crippen molar-refractivity contribution >= 4 is 5.69 Å². The van der Waals surface area contributed by atoms with Crippen LogP contribution >= 0.6 is 0 Å². The molecule has 1 atom stereocenters. The zero-order valence-electron chi connectivity index (χ0n) is 13.6. The highest BCUT2D eigenvalue weighted by molar-refractivity contribution is 5.60. The van der Waals surface area contributed by atoms with Crippen molar-refractivity contribution in [2.24, 2.45) is 5.92 Å². The first-order chi connectivity index (χ1) is 10.1. The Kier molecular flexibility index (Phi) is 7.81. The van der Waals surface area contributed by atoms with Gasteiger partial charge in [0, 0.05) is 33.8 Å². The van der Waals surface area contributed by atoms with Crippen LogP contribution in [0.3, 0.4) is 0 Å². The quantitative estimate of drug-likeness (QED) is 0.710. The smallest absolute Gasteiger partial charge is 0.101 e. The van der Waals surface area contributed by atoms with Crippen LogP contribution in [-0.4, -0.2) is 33.9 Å². The van der Waals surface area contributed by atoms with E-state index in [4.69, 9.17) is 4.74 Å². The first-order valence-electron chi connectivity index (χ1n) is 7.56. The fraction of sp³-hybridized carbons (Fsp3) is 0.588. The molecule has 1 N–H and O–H groups in total. The number of hydrogen-bond acceptors (Lipinski definition) is 4. The molecule has 0 aliphatic carbocycles. The van der Waals surface area contributed by atoms with E-state index in [1.54, 1.807) is 7.11 Å². The van der Waals surface area contributed by atoms with Crippen LogP contribution in [0.4, 0.5) is 5.69 Å². The Hall–Kier alpha value is -1.57. The summed E-state index contributed by atoms with van der Waals surface area (Å²) in [5.74, 6) is 0.622. The minimum atomic E-state index is 0.622. The maximum atomic E-state index is 9.38. The normalized spacial score (nSPS) is 12.0. The van der Waals surface area contributed by atoms with Crippen LogP contribution < -0.4 is 10.2 Å². The van der Waals surface area contributed by atoms with E-state index in [1.807, 2.05) is 12.1 Å². The Morgan fingerprint density at radius 3 is 2.81 bits per heavy atom. The van der Waals surface area contributed by atoms with Crippen molar-refractivity contribution in [1.82, 2.24) is 5.32 Å². The Labute approximate surface area is 128 Å². The van der Waals surface area contributed by atoms with Gasteiger partial charge in [0.25, 0.3) is 0 Å². The van der Waals surface area contributed by atoms with E-state index in [2.05, 4.69) is 43.2 Å². The first kappa shape index (κ1) is 17.5. The number of nitrogens with one attached hydrogen (secondary N) is 1. The molecule has 0 spiro atoms. The zero-order chi connectivity index (χ0) is 15.7. The summed E-state index contributed by atoms with van der Waals surface area (Å²) >= 11 is 0. The van der Waals surface area contributed by atoms with Crippen molar-refractivity contribution < 1.29 is 4.74 Å². The van der Waals surface area contributed by atoms with Crippen molar-refractivity contribution in [1.29, 1.82) is 5.26 Å². The summed E-state index contributed by atoms with van der Waals surface area (Å²) in [6.45, 7) is 7.66. The maximum Gasteiger partial charge on any atom is 0.101 e. The molecule has 4 heteroatoms. The highest BCUT2D eigenvalue weighted by Crippen LogP contribution is 2.21. The van der Waals surface area contributed by atoms with Gasteiger partial charge in [0.15, 0.2) is 0 Å². The fourth-order valence-corrected chi connectivity index (χ4v) is 2.22. The average molecular weight is 289 g/mol. The number of methoxy groups -OCH3 is 1. The topological polar surface area (TPSA) is 48.3 Å². The fourth-order valence-electron chi connectivity index (χ4n) is 2.22. The monoisotopic (exact) mass is 289 g/mol. The van der Waals surface area contributed by atoms with Gasteiger partial charge in [0.05, 0.1) is 17.9 Å². The second kappa shape index (κ2) is 9.38. The minimum Gasteiger partial charge on any atom is -0.383 e. The molecular weight excluding hydrogens is 262 g/mol. The molecule has 0 saturated carbocycles. The van der Waals surface area contributed by atoms with Crippen LogP contribution in [0.2, 0.25) is 0 Å². The van der Waals surface area contributed by atoms with Gasteiger partial charge in [-0.2, -0.15) is 5.26 Å². The number of anilines is 1. The van der Waals surface area contributed by atoms with Gasteiger partial charge in [-0.3, -0.25) is 0 Å². The van der Waals surface area contributed by atoms with Gasteiger partial charge in [0.1, 0.15) is 6.07 Å². The van der Waals surface area contributed by atoms with E-state index >= 15 is 0 Å². The third-order valence-electron chi connectivity index (χ3n) is 3.69. The number of benzene rings is 1. The molecule has 21 heavy (non-hydrogen) atoms. The van der Waals surface area contributed by atoms with Gasteiger partial charge in [-0.25, -0.2) is 0 Å². The predicted octanol–water partition coefficient (Wildman–Crippen LogP) is 2.78. The molecule has 0 aliphatic heterocycles. The number of nitrogens with zero attached hydrogens (tertiary/aromatic N) is 2. The lowest BCUT2D eigenvalue weighted by molar-refractivity contribution is 0.199. The number of nitriles is 1. The van der Waals surface area contributed by atoms with Crippen molar-refractivity contribution in [3.63, 3.8) is 0 Å². The van der Waals surface area contributed by atoms with E-state index in [1.165, 1.54) is 0 Å². The third-order valence-corrected chi connectivity index (χ3v) is 3.69. The standard InChI is InChI=1S/C17H27N3O/c1-5-14(2)13-20(3)17-7-6-15(10-16(17)11-18)12-19-8-9-21-4/h6-7,10,14,19H,5,8-9,12-13H2,1-4H3. The molecule has 1 unspecified atom stereocenters. The summed E-state index contributed by atoms with van der Waals surface area (Å²) in [7, 11) is 3.75. The first-order valence-corrected chi connectivity index (χ1v) is 7.56. The van der Waals surface area contributed by atoms with E-state index in [0.29, 0.717) is 12.5 Å². The molecule has 0 aliphatic rings. The molecule has 1 rings (SSSR count). The van der Waals surface area contributed by atoms with E-state index in [-0.39, 0.29) is 0 Å². The van der Waals surface area contributed by atoms with Crippen LogP contribution in [0.15, 0.2) is 18.2 Å². The Morgan fingerprint density at radius 1 is 1.43 bits per heavy atom. The molecule has 0 radical (unpaired) electrons. The van der Waals surface area contributed by atoms with Gasteiger partial charge >= 0.3 is 0 Å². The molecule has 1 aromatic carbocycles. The number of hydrogen-bond donors (Lipinski definition) is 1. The van der Waals surface area contributed by atoms with Gasteiger partial charge in [-0.15, -0.1) is 0 Å². The Bertz CT molecular complexity index is 468. The Morgan fingerprint density at radius 2 is 2.19 bits per heavy atom. The molecule has 1 aromatic rings.